The number of aryl methyl sites for hydroxylation is 1. The number of carbonyl (C=O) groups is 1. The van der Waals surface area contributed by atoms with Gasteiger partial charge in [0, 0.05) is 25.0 Å². The van der Waals surface area contributed by atoms with Gasteiger partial charge in [0.2, 0.25) is 5.91 Å². The van der Waals surface area contributed by atoms with Gasteiger partial charge in [0.25, 0.3) is 0 Å². The first-order chi connectivity index (χ1) is 9.79. The average molecular weight is 289 g/mol. The van der Waals surface area contributed by atoms with E-state index in [9.17, 15) is 4.79 Å². The molecule has 0 aliphatic rings. The van der Waals surface area contributed by atoms with Crippen LogP contribution < -0.4 is 5.32 Å². The number of thiophene rings is 1. The Morgan fingerprint density at radius 1 is 1.20 bits per heavy atom. The van der Waals surface area contributed by atoms with Crippen molar-refractivity contribution >= 4 is 17.2 Å². The average Bonchev–Trinajstić information content (AvgIpc) is 2.98. The van der Waals surface area contributed by atoms with Gasteiger partial charge in [0.1, 0.15) is 0 Å². The van der Waals surface area contributed by atoms with Crippen LogP contribution in [0.2, 0.25) is 0 Å². The monoisotopic (exact) mass is 289 g/mol. The number of benzene rings is 1. The quantitative estimate of drug-likeness (QED) is 0.850. The van der Waals surface area contributed by atoms with Crippen LogP contribution in [0, 0.1) is 0 Å². The summed E-state index contributed by atoms with van der Waals surface area (Å²) in [7, 11) is 1.68. The summed E-state index contributed by atoms with van der Waals surface area (Å²) < 4.78 is 5.16. The zero-order valence-corrected chi connectivity index (χ0v) is 12.4. The summed E-state index contributed by atoms with van der Waals surface area (Å²) in [6.45, 7) is 1.13. The predicted molar refractivity (Wildman–Crippen MR) is 81.6 cm³/mol. The van der Waals surface area contributed by atoms with Crippen molar-refractivity contribution in [1.82, 2.24) is 5.32 Å². The molecule has 20 heavy (non-hydrogen) atoms. The van der Waals surface area contributed by atoms with Crippen LogP contribution in [-0.4, -0.2) is 13.0 Å². The zero-order valence-electron chi connectivity index (χ0n) is 11.6. The fourth-order valence-corrected chi connectivity index (χ4v) is 2.71. The maximum Gasteiger partial charge on any atom is 0.220 e. The van der Waals surface area contributed by atoms with Crippen LogP contribution in [0.1, 0.15) is 22.4 Å². The van der Waals surface area contributed by atoms with Crippen molar-refractivity contribution in [3.63, 3.8) is 0 Å². The number of carbonyl (C=O) groups excluding carboxylic acids is 1. The van der Waals surface area contributed by atoms with Gasteiger partial charge in [-0.2, -0.15) is 0 Å². The molecular formula is C16H19NO2S. The van der Waals surface area contributed by atoms with Crippen LogP contribution in [0.4, 0.5) is 0 Å². The standard InChI is InChI=1S/C16H19NO2S/c1-19-12-14-6-3-2-5-13(14)11-17-16(18)9-8-15-7-4-10-20-15/h2-7,10H,8-9,11-12H2,1H3,(H,17,18). The molecule has 4 heteroatoms. The molecule has 3 nitrogen and oxygen atoms in total. The highest BCUT2D eigenvalue weighted by atomic mass is 32.1. The largest absolute Gasteiger partial charge is 0.380 e. The number of ether oxygens (including phenoxy) is 1. The van der Waals surface area contributed by atoms with E-state index < -0.39 is 0 Å². The highest BCUT2D eigenvalue weighted by molar-refractivity contribution is 7.09. The van der Waals surface area contributed by atoms with Crippen LogP contribution in [0.5, 0.6) is 0 Å². The van der Waals surface area contributed by atoms with Crippen molar-refractivity contribution in [3.05, 3.63) is 57.8 Å². The van der Waals surface area contributed by atoms with Crippen molar-refractivity contribution < 1.29 is 9.53 Å². The lowest BCUT2D eigenvalue weighted by Gasteiger charge is -2.10. The Kier molecular flexibility index (Phi) is 5.77. The number of methoxy groups -OCH3 is 1. The number of rotatable bonds is 7. The Balaban J connectivity index is 1.81. The van der Waals surface area contributed by atoms with E-state index in [1.807, 2.05) is 35.7 Å². The van der Waals surface area contributed by atoms with Crippen LogP contribution in [-0.2, 0) is 29.1 Å². The summed E-state index contributed by atoms with van der Waals surface area (Å²) in [5.74, 6) is 0.0885. The van der Waals surface area contributed by atoms with Crippen molar-refractivity contribution in [2.75, 3.05) is 7.11 Å². The minimum absolute atomic E-state index is 0.0885. The molecule has 0 spiro atoms. The normalized spacial score (nSPS) is 10.4. The zero-order chi connectivity index (χ0) is 14.2. The smallest absolute Gasteiger partial charge is 0.220 e. The lowest BCUT2D eigenvalue weighted by atomic mass is 10.1. The van der Waals surface area contributed by atoms with Gasteiger partial charge in [-0.3, -0.25) is 4.79 Å². The Morgan fingerprint density at radius 2 is 2.00 bits per heavy atom. The van der Waals surface area contributed by atoms with Gasteiger partial charge in [-0.05, 0) is 29.0 Å². The molecule has 106 valence electrons. The topological polar surface area (TPSA) is 38.3 Å². The van der Waals surface area contributed by atoms with Crippen molar-refractivity contribution in [2.45, 2.75) is 26.0 Å². The minimum Gasteiger partial charge on any atom is -0.380 e. The summed E-state index contributed by atoms with van der Waals surface area (Å²) in [5, 5.41) is 5.01. The summed E-state index contributed by atoms with van der Waals surface area (Å²) in [4.78, 5) is 13.1. The van der Waals surface area contributed by atoms with E-state index in [-0.39, 0.29) is 5.91 Å². The van der Waals surface area contributed by atoms with E-state index in [2.05, 4.69) is 11.4 Å². The third-order valence-corrected chi connectivity index (χ3v) is 4.01. The molecule has 0 saturated heterocycles. The van der Waals surface area contributed by atoms with E-state index >= 15 is 0 Å². The molecule has 0 atom stereocenters. The van der Waals surface area contributed by atoms with E-state index in [0.717, 1.165) is 17.5 Å². The molecule has 1 N–H and O–H groups in total. The Morgan fingerprint density at radius 3 is 2.70 bits per heavy atom. The number of amides is 1. The molecule has 1 aromatic heterocycles. The van der Waals surface area contributed by atoms with Crippen LogP contribution in [0.25, 0.3) is 0 Å². The fourth-order valence-electron chi connectivity index (χ4n) is 2.00. The molecule has 2 rings (SSSR count). The van der Waals surface area contributed by atoms with Gasteiger partial charge >= 0.3 is 0 Å². The summed E-state index contributed by atoms with van der Waals surface area (Å²) in [5.41, 5.74) is 2.23. The molecule has 1 aromatic carbocycles. The Labute approximate surface area is 123 Å². The molecule has 0 bridgehead atoms. The molecule has 0 fully saturated rings. The van der Waals surface area contributed by atoms with Gasteiger partial charge in [-0.15, -0.1) is 11.3 Å². The third kappa shape index (κ3) is 4.47. The maximum atomic E-state index is 11.8. The second-order valence-corrected chi connectivity index (χ2v) is 5.59. The molecular weight excluding hydrogens is 270 g/mol. The second-order valence-electron chi connectivity index (χ2n) is 4.56. The first-order valence-corrected chi connectivity index (χ1v) is 7.52. The summed E-state index contributed by atoms with van der Waals surface area (Å²) in [6.07, 6.45) is 1.34. The van der Waals surface area contributed by atoms with Crippen molar-refractivity contribution in [3.8, 4) is 0 Å². The molecule has 2 aromatic rings. The Hall–Kier alpha value is -1.65. The van der Waals surface area contributed by atoms with Crippen LogP contribution in [0.3, 0.4) is 0 Å². The lowest BCUT2D eigenvalue weighted by Crippen LogP contribution is -2.23. The van der Waals surface area contributed by atoms with Gasteiger partial charge in [-0.25, -0.2) is 0 Å². The number of hydrogen-bond acceptors (Lipinski definition) is 3. The van der Waals surface area contributed by atoms with Crippen molar-refractivity contribution in [1.29, 1.82) is 0 Å². The molecule has 1 amide bonds. The highest BCUT2D eigenvalue weighted by Crippen LogP contribution is 2.12. The first-order valence-electron chi connectivity index (χ1n) is 6.64. The van der Waals surface area contributed by atoms with Gasteiger partial charge in [-0.1, -0.05) is 30.3 Å². The van der Waals surface area contributed by atoms with E-state index in [4.69, 9.17) is 4.74 Å². The van der Waals surface area contributed by atoms with Gasteiger partial charge in [0.05, 0.1) is 6.61 Å². The molecule has 0 radical (unpaired) electrons. The minimum atomic E-state index is 0.0885. The van der Waals surface area contributed by atoms with E-state index in [0.29, 0.717) is 19.6 Å². The predicted octanol–water partition coefficient (Wildman–Crippen LogP) is 3.14. The maximum absolute atomic E-state index is 11.8. The van der Waals surface area contributed by atoms with Crippen molar-refractivity contribution in [2.24, 2.45) is 0 Å². The SMILES string of the molecule is COCc1ccccc1CNC(=O)CCc1cccs1. The summed E-state index contributed by atoms with van der Waals surface area (Å²) in [6, 6.07) is 12.1. The molecule has 0 aliphatic heterocycles. The Bertz CT molecular complexity index is 537. The summed E-state index contributed by atoms with van der Waals surface area (Å²) >= 11 is 1.69. The second kappa shape index (κ2) is 7.82. The van der Waals surface area contributed by atoms with Gasteiger partial charge in [0.15, 0.2) is 0 Å². The highest BCUT2D eigenvalue weighted by Gasteiger charge is 2.05. The number of hydrogen-bond donors (Lipinski definition) is 1. The van der Waals surface area contributed by atoms with Gasteiger partial charge < -0.3 is 10.1 Å². The number of nitrogens with one attached hydrogen (secondary N) is 1. The molecule has 0 unspecified atom stereocenters. The lowest BCUT2D eigenvalue weighted by molar-refractivity contribution is -0.121. The molecule has 1 heterocycles. The third-order valence-electron chi connectivity index (χ3n) is 3.07. The molecule has 0 saturated carbocycles. The molecule has 0 aliphatic carbocycles. The van der Waals surface area contributed by atoms with Crippen LogP contribution >= 0.6 is 11.3 Å². The van der Waals surface area contributed by atoms with E-state index in [1.165, 1.54) is 4.88 Å². The van der Waals surface area contributed by atoms with Crippen LogP contribution in [0.15, 0.2) is 41.8 Å². The fraction of sp³-hybridized carbons (Fsp3) is 0.312. The first kappa shape index (κ1) is 14.8. The van der Waals surface area contributed by atoms with E-state index in [1.54, 1.807) is 18.4 Å².